The van der Waals surface area contributed by atoms with Crippen LogP contribution in [0.15, 0.2) is 0 Å². The van der Waals surface area contributed by atoms with E-state index in [2.05, 4.69) is 4.90 Å². The Kier molecular flexibility index (Phi) is 5.56. The van der Waals surface area contributed by atoms with Gasteiger partial charge in [0.05, 0.1) is 13.0 Å². The van der Waals surface area contributed by atoms with E-state index in [-0.39, 0.29) is 5.97 Å². The number of rotatable bonds is 6. The number of esters is 1. The molecule has 0 radical (unpaired) electrons. The molecule has 4 heteroatoms. The molecule has 0 aromatic carbocycles. The molecule has 0 spiro atoms. The van der Waals surface area contributed by atoms with E-state index in [0.29, 0.717) is 19.6 Å². The molecular weight excluding hydrogens is 182 g/mol. The smallest absolute Gasteiger partial charge is 0.307 e. The Morgan fingerprint density at radius 2 is 2.00 bits per heavy atom. The Labute approximate surface area is 85.2 Å². The summed E-state index contributed by atoms with van der Waals surface area (Å²) in [4.78, 5) is 13.5. The average molecular weight is 201 g/mol. The zero-order valence-electron chi connectivity index (χ0n) is 8.83. The van der Waals surface area contributed by atoms with Gasteiger partial charge in [-0.1, -0.05) is 0 Å². The van der Waals surface area contributed by atoms with Gasteiger partial charge in [-0.3, -0.25) is 4.79 Å². The minimum Gasteiger partial charge on any atom is -0.463 e. The van der Waals surface area contributed by atoms with Crippen molar-refractivity contribution in [2.24, 2.45) is 0 Å². The predicted octanol–water partition coefficient (Wildman–Crippen LogP) is 0.662. The molecule has 14 heavy (non-hydrogen) atoms. The molecule has 0 N–H and O–H groups in total. The van der Waals surface area contributed by atoms with E-state index in [9.17, 15) is 4.79 Å². The fraction of sp³-hybridized carbons (Fsp3) is 0.900. The average Bonchev–Trinajstić information content (AvgIpc) is 2.68. The summed E-state index contributed by atoms with van der Waals surface area (Å²) in [7, 11) is 1.60. The van der Waals surface area contributed by atoms with Crippen molar-refractivity contribution in [3.63, 3.8) is 0 Å². The van der Waals surface area contributed by atoms with Crippen LogP contribution in [0.2, 0.25) is 0 Å². The lowest BCUT2D eigenvalue weighted by atomic mass is 10.4. The Balaban J connectivity index is 1.96. The summed E-state index contributed by atoms with van der Waals surface area (Å²) >= 11 is 0. The topological polar surface area (TPSA) is 38.8 Å². The van der Waals surface area contributed by atoms with Crippen molar-refractivity contribution in [3.05, 3.63) is 0 Å². The van der Waals surface area contributed by atoms with Gasteiger partial charge in [0.1, 0.15) is 6.61 Å². The molecule has 0 aliphatic carbocycles. The van der Waals surface area contributed by atoms with Gasteiger partial charge in [0.25, 0.3) is 0 Å². The van der Waals surface area contributed by atoms with Gasteiger partial charge in [-0.2, -0.15) is 0 Å². The highest BCUT2D eigenvalue weighted by atomic mass is 16.6. The number of carbonyl (C=O) groups excluding carboxylic acids is 1. The van der Waals surface area contributed by atoms with Crippen LogP contribution in [0.1, 0.15) is 19.3 Å². The number of hydrogen-bond acceptors (Lipinski definition) is 4. The van der Waals surface area contributed by atoms with Crippen molar-refractivity contribution in [3.8, 4) is 0 Å². The van der Waals surface area contributed by atoms with Gasteiger partial charge in [-0.25, -0.2) is 0 Å². The molecule has 1 heterocycles. The van der Waals surface area contributed by atoms with Crippen LogP contribution < -0.4 is 0 Å². The second-order valence-electron chi connectivity index (χ2n) is 3.51. The maximum atomic E-state index is 11.2. The fourth-order valence-electron chi connectivity index (χ4n) is 1.57. The molecule has 1 fully saturated rings. The van der Waals surface area contributed by atoms with Gasteiger partial charge in [0, 0.05) is 13.7 Å². The van der Waals surface area contributed by atoms with Crippen molar-refractivity contribution in [2.75, 3.05) is 40.0 Å². The van der Waals surface area contributed by atoms with E-state index in [1.165, 1.54) is 12.8 Å². The third-order valence-electron chi connectivity index (χ3n) is 2.38. The normalized spacial score (nSPS) is 17.2. The van der Waals surface area contributed by atoms with Gasteiger partial charge in [0.2, 0.25) is 0 Å². The Hall–Kier alpha value is -0.610. The Bertz CT molecular complexity index is 167. The molecule has 0 amide bonds. The Morgan fingerprint density at radius 1 is 1.29 bits per heavy atom. The molecule has 82 valence electrons. The number of hydrogen-bond donors (Lipinski definition) is 0. The first-order valence-corrected chi connectivity index (χ1v) is 5.20. The van der Waals surface area contributed by atoms with Gasteiger partial charge in [0.15, 0.2) is 0 Å². The van der Waals surface area contributed by atoms with E-state index in [1.807, 2.05) is 0 Å². The molecule has 0 aromatic heterocycles. The van der Waals surface area contributed by atoms with Crippen LogP contribution in [-0.4, -0.2) is 50.8 Å². The molecular formula is C10H19NO3. The first-order chi connectivity index (χ1) is 6.83. The largest absolute Gasteiger partial charge is 0.463 e. The first-order valence-electron chi connectivity index (χ1n) is 5.20. The summed E-state index contributed by atoms with van der Waals surface area (Å²) in [6.45, 7) is 3.95. The van der Waals surface area contributed by atoms with Crippen LogP contribution in [0.5, 0.6) is 0 Å². The summed E-state index contributed by atoms with van der Waals surface area (Å²) in [5.74, 6) is -0.117. The minimum absolute atomic E-state index is 0.117. The highest BCUT2D eigenvalue weighted by Crippen LogP contribution is 2.07. The first kappa shape index (κ1) is 11.5. The lowest BCUT2D eigenvalue weighted by molar-refractivity contribution is -0.145. The highest BCUT2D eigenvalue weighted by molar-refractivity contribution is 5.69. The highest BCUT2D eigenvalue weighted by Gasteiger charge is 2.12. The monoisotopic (exact) mass is 201 g/mol. The molecule has 1 saturated heterocycles. The SMILES string of the molecule is COCCOC(=O)CCN1CCCC1. The zero-order chi connectivity index (χ0) is 10.2. The summed E-state index contributed by atoms with van der Waals surface area (Å²) < 4.78 is 9.73. The molecule has 0 aromatic rings. The summed E-state index contributed by atoms with van der Waals surface area (Å²) in [5.41, 5.74) is 0. The standard InChI is InChI=1S/C10H19NO3/c1-13-8-9-14-10(12)4-7-11-5-2-3-6-11/h2-9H2,1H3. The van der Waals surface area contributed by atoms with E-state index in [4.69, 9.17) is 9.47 Å². The van der Waals surface area contributed by atoms with Crippen LogP contribution in [0.4, 0.5) is 0 Å². The molecule has 4 nitrogen and oxygen atoms in total. The fourth-order valence-corrected chi connectivity index (χ4v) is 1.57. The third-order valence-corrected chi connectivity index (χ3v) is 2.38. The molecule has 0 unspecified atom stereocenters. The van der Waals surface area contributed by atoms with Crippen molar-refractivity contribution in [1.82, 2.24) is 4.90 Å². The molecule has 0 saturated carbocycles. The van der Waals surface area contributed by atoms with E-state index < -0.39 is 0 Å². The van der Waals surface area contributed by atoms with Crippen LogP contribution in [-0.2, 0) is 14.3 Å². The van der Waals surface area contributed by atoms with Crippen molar-refractivity contribution >= 4 is 5.97 Å². The number of carbonyl (C=O) groups is 1. The maximum Gasteiger partial charge on any atom is 0.307 e. The number of methoxy groups -OCH3 is 1. The quantitative estimate of drug-likeness (QED) is 0.467. The molecule has 0 bridgehead atoms. The van der Waals surface area contributed by atoms with Gasteiger partial charge < -0.3 is 14.4 Å². The zero-order valence-corrected chi connectivity index (χ0v) is 8.83. The second-order valence-corrected chi connectivity index (χ2v) is 3.51. The van der Waals surface area contributed by atoms with Crippen molar-refractivity contribution in [2.45, 2.75) is 19.3 Å². The lowest BCUT2D eigenvalue weighted by Gasteiger charge is -2.13. The van der Waals surface area contributed by atoms with Gasteiger partial charge in [-0.05, 0) is 25.9 Å². The predicted molar refractivity (Wildman–Crippen MR) is 53.1 cm³/mol. The molecule has 1 aliphatic rings. The van der Waals surface area contributed by atoms with Gasteiger partial charge in [-0.15, -0.1) is 0 Å². The van der Waals surface area contributed by atoms with Gasteiger partial charge >= 0.3 is 5.97 Å². The molecule has 1 aliphatic heterocycles. The van der Waals surface area contributed by atoms with E-state index in [1.54, 1.807) is 7.11 Å². The second kappa shape index (κ2) is 6.79. The molecule has 1 rings (SSSR count). The lowest BCUT2D eigenvalue weighted by Crippen LogP contribution is -2.23. The number of nitrogens with zero attached hydrogens (tertiary/aromatic N) is 1. The number of likely N-dealkylation sites (tertiary alicyclic amines) is 1. The summed E-state index contributed by atoms with van der Waals surface area (Å²) in [5, 5.41) is 0. The summed E-state index contributed by atoms with van der Waals surface area (Å²) in [6, 6.07) is 0. The van der Waals surface area contributed by atoms with Crippen molar-refractivity contribution < 1.29 is 14.3 Å². The van der Waals surface area contributed by atoms with Crippen LogP contribution >= 0.6 is 0 Å². The third kappa shape index (κ3) is 4.58. The van der Waals surface area contributed by atoms with Crippen LogP contribution in [0, 0.1) is 0 Å². The van der Waals surface area contributed by atoms with E-state index in [0.717, 1.165) is 19.6 Å². The van der Waals surface area contributed by atoms with Crippen LogP contribution in [0.3, 0.4) is 0 Å². The minimum atomic E-state index is -0.117. The maximum absolute atomic E-state index is 11.2. The van der Waals surface area contributed by atoms with Crippen LogP contribution in [0.25, 0.3) is 0 Å². The number of ether oxygens (including phenoxy) is 2. The molecule has 0 atom stereocenters. The van der Waals surface area contributed by atoms with E-state index >= 15 is 0 Å². The summed E-state index contributed by atoms with van der Waals surface area (Å²) in [6.07, 6.45) is 3.03. The Morgan fingerprint density at radius 3 is 2.64 bits per heavy atom. The van der Waals surface area contributed by atoms with Crippen molar-refractivity contribution in [1.29, 1.82) is 0 Å².